The number of carbonyl (C=O) groups excluding carboxylic acids is 4. The summed E-state index contributed by atoms with van der Waals surface area (Å²) in [5.74, 6) is -5.00. The molecule has 8 N–H and O–H groups in total. The van der Waals surface area contributed by atoms with E-state index in [2.05, 4.69) is 16.0 Å². The van der Waals surface area contributed by atoms with Crippen molar-refractivity contribution in [2.75, 3.05) is 0 Å². The van der Waals surface area contributed by atoms with Crippen molar-refractivity contribution in [1.82, 2.24) is 16.0 Å². The highest BCUT2D eigenvalue weighted by molar-refractivity contribution is 5.96. The number of amides is 4. The predicted octanol–water partition coefficient (Wildman–Crippen LogP) is -0.524. The van der Waals surface area contributed by atoms with Crippen molar-refractivity contribution >= 4 is 29.6 Å². The Kier molecular flexibility index (Phi) is 12.5. The molecule has 0 fully saturated rings. The topological polar surface area (TPSA) is 194 Å². The molecule has 0 aliphatic rings. The van der Waals surface area contributed by atoms with Crippen LogP contribution in [0.15, 0.2) is 0 Å². The van der Waals surface area contributed by atoms with E-state index >= 15 is 0 Å². The molecule has 0 aromatic heterocycles. The summed E-state index contributed by atoms with van der Waals surface area (Å²) in [7, 11) is 0. The van der Waals surface area contributed by atoms with Crippen molar-refractivity contribution in [1.29, 1.82) is 0 Å². The van der Waals surface area contributed by atoms with Crippen LogP contribution in [0.1, 0.15) is 60.8 Å². The largest absolute Gasteiger partial charge is 0.480 e. The van der Waals surface area contributed by atoms with E-state index in [4.69, 9.17) is 11.5 Å². The number of carboxylic acid groups (broad SMARTS) is 1. The third kappa shape index (κ3) is 9.21. The Labute approximate surface area is 189 Å². The van der Waals surface area contributed by atoms with Gasteiger partial charge in [0.25, 0.3) is 0 Å². The zero-order valence-electron chi connectivity index (χ0n) is 19.8. The second-order valence-corrected chi connectivity index (χ2v) is 8.58. The molecule has 0 heterocycles. The number of carbonyl (C=O) groups is 5. The summed E-state index contributed by atoms with van der Waals surface area (Å²) in [6.45, 7) is 10.5. The molecule has 184 valence electrons. The summed E-state index contributed by atoms with van der Waals surface area (Å²) >= 11 is 0. The summed E-state index contributed by atoms with van der Waals surface area (Å²) in [6, 6.07) is -4.43. The molecular formula is C21H39N5O6. The molecule has 6 atom stereocenters. The van der Waals surface area contributed by atoms with Gasteiger partial charge in [-0.05, 0) is 17.8 Å². The third-order valence-corrected chi connectivity index (χ3v) is 5.62. The monoisotopic (exact) mass is 457 g/mol. The van der Waals surface area contributed by atoms with Gasteiger partial charge in [0, 0.05) is 0 Å². The zero-order chi connectivity index (χ0) is 25.2. The molecule has 0 spiro atoms. The summed E-state index contributed by atoms with van der Waals surface area (Å²) in [6.07, 6.45) is 0.631. The van der Waals surface area contributed by atoms with E-state index in [9.17, 15) is 29.1 Å². The van der Waals surface area contributed by atoms with Gasteiger partial charge in [-0.1, -0.05) is 54.4 Å². The molecule has 0 rings (SSSR count). The standard InChI is InChI=1S/C21H39N5O6/c1-7-11(5)15(23)19(29)25-16(10(3)4)20(30)24-13(9-14(22)27)18(28)26-17(21(31)32)12(6)8-2/h10-13,15-17H,7-9,23H2,1-6H3,(H2,22,27)(H,24,30)(H,25,29)(H,26,28)(H,31,32). The maximum atomic E-state index is 12.9. The fraction of sp³-hybridized carbons (Fsp3) is 0.762. The van der Waals surface area contributed by atoms with Crippen molar-refractivity contribution in [2.45, 2.75) is 85.0 Å². The number of nitrogens with one attached hydrogen (secondary N) is 3. The van der Waals surface area contributed by atoms with E-state index in [1.165, 1.54) is 0 Å². The van der Waals surface area contributed by atoms with Gasteiger partial charge in [-0.25, -0.2) is 4.79 Å². The van der Waals surface area contributed by atoms with Crippen molar-refractivity contribution in [2.24, 2.45) is 29.2 Å². The molecule has 11 heteroatoms. The van der Waals surface area contributed by atoms with Gasteiger partial charge in [-0.15, -0.1) is 0 Å². The lowest BCUT2D eigenvalue weighted by Gasteiger charge is -2.28. The molecule has 32 heavy (non-hydrogen) atoms. The average Bonchev–Trinajstić information content (AvgIpc) is 2.72. The van der Waals surface area contributed by atoms with Gasteiger partial charge in [-0.2, -0.15) is 0 Å². The Bertz CT molecular complexity index is 684. The van der Waals surface area contributed by atoms with E-state index in [0.717, 1.165) is 0 Å². The number of rotatable bonds is 14. The molecule has 6 unspecified atom stereocenters. The summed E-state index contributed by atoms with van der Waals surface area (Å²) < 4.78 is 0. The lowest BCUT2D eigenvalue weighted by atomic mass is 9.97. The summed E-state index contributed by atoms with van der Waals surface area (Å²) in [5, 5.41) is 16.8. The van der Waals surface area contributed by atoms with Crippen molar-refractivity contribution in [3.05, 3.63) is 0 Å². The second-order valence-electron chi connectivity index (χ2n) is 8.58. The molecule has 11 nitrogen and oxygen atoms in total. The van der Waals surface area contributed by atoms with Crippen LogP contribution in [0.2, 0.25) is 0 Å². The summed E-state index contributed by atoms with van der Waals surface area (Å²) in [5.41, 5.74) is 11.2. The van der Waals surface area contributed by atoms with Crippen molar-refractivity contribution in [3.63, 3.8) is 0 Å². The van der Waals surface area contributed by atoms with Crippen molar-refractivity contribution in [3.8, 4) is 0 Å². The highest BCUT2D eigenvalue weighted by atomic mass is 16.4. The van der Waals surface area contributed by atoms with E-state index in [0.29, 0.717) is 12.8 Å². The van der Waals surface area contributed by atoms with Gasteiger partial charge < -0.3 is 32.5 Å². The fourth-order valence-corrected chi connectivity index (χ4v) is 2.91. The molecule has 0 aliphatic heterocycles. The number of hydrogen-bond acceptors (Lipinski definition) is 6. The molecule has 0 aromatic carbocycles. The van der Waals surface area contributed by atoms with E-state index in [1.807, 2.05) is 13.8 Å². The number of primary amides is 1. The first-order valence-corrected chi connectivity index (χ1v) is 10.9. The maximum Gasteiger partial charge on any atom is 0.326 e. The van der Waals surface area contributed by atoms with E-state index < -0.39 is 60.2 Å². The molecule has 0 aromatic rings. The molecule has 0 saturated carbocycles. The van der Waals surface area contributed by atoms with Crippen LogP contribution in [-0.2, 0) is 24.0 Å². The molecule has 4 amide bonds. The van der Waals surface area contributed by atoms with Gasteiger partial charge >= 0.3 is 5.97 Å². The average molecular weight is 458 g/mol. The van der Waals surface area contributed by atoms with Crippen LogP contribution >= 0.6 is 0 Å². The molecular weight excluding hydrogens is 418 g/mol. The van der Waals surface area contributed by atoms with Crippen LogP contribution in [0.4, 0.5) is 0 Å². The van der Waals surface area contributed by atoms with E-state index in [-0.39, 0.29) is 17.8 Å². The molecule has 0 saturated heterocycles. The fourth-order valence-electron chi connectivity index (χ4n) is 2.91. The van der Waals surface area contributed by atoms with Crippen LogP contribution in [0, 0.1) is 17.8 Å². The van der Waals surface area contributed by atoms with Crippen molar-refractivity contribution < 1.29 is 29.1 Å². The molecule has 0 aliphatic carbocycles. The Morgan fingerprint density at radius 1 is 0.781 bits per heavy atom. The number of hydrogen-bond donors (Lipinski definition) is 6. The molecule has 0 radical (unpaired) electrons. The smallest absolute Gasteiger partial charge is 0.326 e. The first kappa shape index (κ1) is 29.3. The lowest BCUT2D eigenvalue weighted by molar-refractivity contribution is -0.144. The third-order valence-electron chi connectivity index (χ3n) is 5.62. The first-order valence-electron chi connectivity index (χ1n) is 10.9. The summed E-state index contributed by atoms with van der Waals surface area (Å²) in [4.78, 5) is 61.0. The lowest BCUT2D eigenvalue weighted by Crippen LogP contribution is -2.59. The van der Waals surface area contributed by atoms with Gasteiger partial charge in [0.15, 0.2) is 0 Å². The highest BCUT2D eigenvalue weighted by Crippen LogP contribution is 2.10. The Morgan fingerprint density at radius 2 is 1.28 bits per heavy atom. The normalized spacial score (nSPS) is 16.8. The molecule has 0 bridgehead atoms. The van der Waals surface area contributed by atoms with Gasteiger partial charge in [-0.3, -0.25) is 19.2 Å². The van der Waals surface area contributed by atoms with Crippen LogP contribution in [0.3, 0.4) is 0 Å². The number of nitrogens with two attached hydrogens (primary N) is 2. The van der Waals surface area contributed by atoms with Crippen LogP contribution in [0.25, 0.3) is 0 Å². The zero-order valence-corrected chi connectivity index (χ0v) is 19.8. The van der Waals surface area contributed by atoms with Gasteiger partial charge in [0.1, 0.15) is 18.1 Å². The Hall–Kier alpha value is -2.69. The van der Waals surface area contributed by atoms with Crippen LogP contribution < -0.4 is 27.4 Å². The van der Waals surface area contributed by atoms with E-state index in [1.54, 1.807) is 27.7 Å². The minimum atomic E-state index is -1.40. The minimum Gasteiger partial charge on any atom is -0.480 e. The highest BCUT2D eigenvalue weighted by Gasteiger charge is 2.34. The quantitative estimate of drug-likeness (QED) is 0.202. The van der Waals surface area contributed by atoms with Gasteiger partial charge in [0.2, 0.25) is 23.6 Å². The maximum absolute atomic E-state index is 12.9. The minimum absolute atomic E-state index is 0.104. The number of carboxylic acids is 1. The Morgan fingerprint density at radius 3 is 1.69 bits per heavy atom. The van der Waals surface area contributed by atoms with Crippen LogP contribution in [0.5, 0.6) is 0 Å². The number of aliphatic carboxylic acids is 1. The van der Waals surface area contributed by atoms with Crippen LogP contribution in [-0.4, -0.2) is 58.9 Å². The SMILES string of the molecule is CCC(C)C(N)C(=O)NC(C(=O)NC(CC(N)=O)C(=O)NC(C(=O)O)C(C)CC)C(C)C. The predicted molar refractivity (Wildman–Crippen MR) is 119 cm³/mol. The first-order chi connectivity index (χ1) is 14.8. The second kappa shape index (κ2) is 13.7. The van der Waals surface area contributed by atoms with Gasteiger partial charge in [0.05, 0.1) is 12.5 Å². The Balaban J connectivity index is 5.54.